The molecular weight excluding hydrogens is 825 g/mol. The third-order valence-electron chi connectivity index (χ3n) is 13.5. The SMILES string of the molecule is Nc1ncnc2c1c(-c1ccc(Oc3ccccc3)cc1)nn2C1CCC(N2CCN(CCCCCCNC(=O)CCc3cccc4c3C(=O)N(C3CCC(=O)NC3=O)C4=O)CC2)CC1. The van der Waals surface area contributed by atoms with E-state index >= 15 is 0 Å². The number of amides is 5. The quantitative estimate of drug-likeness (QED) is 0.0812. The van der Waals surface area contributed by atoms with Crippen molar-refractivity contribution in [3.8, 4) is 22.8 Å². The van der Waals surface area contributed by atoms with Crippen molar-refractivity contribution in [2.45, 2.75) is 95.2 Å². The van der Waals surface area contributed by atoms with Gasteiger partial charge in [0.1, 0.15) is 35.4 Å². The monoisotopic (exact) mass is 880 g/mol. The van der Waals surface area contributed by atoms with Crippen LogP contribution in [0.15, 0.2) is 79.1 Å². The first kappa shape index (κ1) is 43.7. The molecule has 0 bridgehead atoms. The Morgan fingerprint density at radius 2 is 1.52 bits per heavy atom. The number of hydrogen-bond acceptors (Lipinski definition) is 12. The summed E-state index contributed by atoms with van der Waals surface area (Å²) in [6.45, 7) is 5.99. The van der Waals surface area contributed by atoms with E-state index in [1.807, 2.05) is 54.6 Å². The lowest BCUT2D eigenvalue weighted by atomic mass is 9.90. The molecule has 0 radical (unpaired) electrons. The van der Waals surface area contributed by atoms with Crippen LogP contribution in [0.5, 0.6) is 11.5 Å². The summed E-state index contributed by atoms with van der Waals surface area (Å²) in [5.41, 5.74) is 10.0. The summed E-state index contributed by atoms with van der Waals surface area (Å²) in [5, 5.41) is 11.1. The van der Waals surface area contributed by atoms with Gasteiger partial charge in [-0.3, -0.25) is 39.1 Å². The van der Waals surface area contributed by atoms with Crippen LogP contribution in [0.3, 0.4) is 0 Å². The molecule has 3 fully saturated rings. The van der Waals surface area contributed by atoms with Crippen molar-refractivity contribution in [1.29, 1.82) is 0 Å². The highest BCUT2D eigenvalue weighted by atomic mass is 16.5. The van der Waals surface area contributed by atoms with Crippen LogP contribution in [0.4, 0.5) is 5.82 Å². The highest BCUT2D eigenvalue weighted by Crippen LogP contribution is 2.38. The van der Waals surface area contributed by atoms with Gasteiger partial charge in [-0.05, 0) is 106 Å². The maximum Gasteiger partial charge on any atom is 0.262 e. The summed E-state index contributed by atoms with van der Waals surface area (Å²) >= 11 is 0. The third-order valence-corrected chi connectivity index (χ3v) is 13.5. The average Bonchev–Trinajstić information content (AvgIpc) is 3.84. The van der Waals surface area contributed by atoms with E-state index in [1.54, 1.807) is 18.2 Å². The lowest BCUT2D eigenvalue weighted by Crippen LogP contribution is -2.54. The number of anilines is 1. The second-order valence-corrected chi connectivity index (χ2v) is 17.6. The number of piperidine rings is 1. The van der Waals surface area contributed by atoms with E-state index in [-0.39, 0.29) is 42.3 Å². The van der Waals surface area contributed by atoms with E-state index in [0.29, 0.717) is 30.4 Å². The lowest BCUT2D eigenvalue weighted by molar-refractivity contribution is -0.136. The van der Waals surface area contributed by atoms with E-state index in [2.05, 4.69) is 35.1 Å². The summed E-state index contributed by atoms with van der Waals surface area (Å²) in [6.07, 6.45) is 10.6. The molecule has 1 unspecified atom stereocenters. The van der Waals surface area contributed by atoms with Gasteiger partial charge < -0.3 is 20.7 Å². The number of carbonyl (C=O) groups is 5. The standard InChI is InChI=1S/C49H56N10O6/c50-45-43-44(33-13-20-37(21-14-33)65-36-10-4-3-5-11-36)55-59(46(43)53-31-52-45)35-18-16-34(17-19-35)57-29-27-56(28-30-57)26-7-2-1-6-25-51-40(60)23-15-32-9-8-12-38-42(32)49(64)58(48(38)63)39-22-24-41(61)54-47(39)62/h3-5,8-14,20-21,31,34-35,39H,1-2,6-7,15-19,22-30H2,(H,51,60)(H2,50,52,53)(H,54,61,62). The average molecular weight is 881 g/mol. The fourth-order valence-electron chi connectivity index (χ4n) is 9.95. The Bertz CT molecular complexity index is 2550. The van der Waals surface area contributed by atoms with Gasteiger partial charge in [0.05, 0.1) is 22.6 Å². The van der Waals surface area contributed by atoms with Crippen LogP contribution in [-0.4, -0.2) is 115 Å². The number of aromatic nitrogens is 4. The summed E-state index contributed by atoms with van der Waals surface area (Å²) in [4.78, 5) is 78.5. The number of ether oxygens (including phenoxy) is 1. The molecule has 16 heteroatoms. The predicted molar refractivity (Wildman–Crippen MR) is 244 cm³/mol. The molecule has 3 aliphatic heterocycles. The molecule has 1 aliphatic carbocycles. The van der Waals surface area contributed by atoms with Crippen LogP contribution < -0.4 is 21.1 Å². The first-order valence-electron chi connectivity index (χ1n) is 23.1. The Morgan fingerprint density at radius 1 is 0.785 bits per heavy atom. The molecule has 3 aromatic carbocycles. The first-order valence-corrected chi connectivity index (χ1v) is 23.1. The van der Waals surface area contributed by atoms with Crippen LogP contribution in [0, 0.1) is 0 Å². The van der Waals surface area contributed by atoms with Gasteiger partial charge in [0.2, 0.25) is 17.7 Å². The smallest absolute Gasteiger partial charge is 0.262 e. The molecule has 1 saturated carbocycles. The molecule has 4 aliphatic rings. The van der Waals surface area contributed by atoms with Crippen LogP contribution in [0.25, 0.3) is 22.3 Å². The Labute approximate surface area is 377 Å². The maximum atomic E-state index is 13.4. The van der Waals surface area contributed by atoms with Crippen molar-refractivity contribution < 1.29 is 28.7 Å². The number of fused-ring (bicyclic) bond motifs is 2. The number of carbonyl (C=O) groups excluding carboxylic acids is 5. The summed E-state index contributed by atoms with van der Waals surface area (Å²) in [6, 6.07) is 22.4. The highest BCUT2D eigenvalue weighted by molar-refractivity contribution is 6.24. The van der Waals surface area contributed by atoms with Crippen molar-refractivity contribution >= 4 is 46.4 Å². The van der Waals surface area contributed by atoms with E-state index < -0.39 is 29.7 Å². The molecule has 5 heterocycles. The van der Waals surface area contributed by atoms with Crippen molar-refractivity contribution in [2.24, 2.45) is 0 Å². The van der Waals surface area contributed by atoms with Crippen molar-refractivity contribution in [3.05, 3.63) is 95.8 Å². The lowest BCUT2D eigenvalue weighted by Gasteiger charge is -2.42. The zero-order valence-corrected chi connectivity index (χ0v) is 36.6. The topological polar surface area (TPSA) is 198 Å². The minimum absolute atomic E-state index is 0.0611. The van der Waals surface area contributed by atoms with E-state index in [0.717, 1.165) is 123 Å². The molecule has 5 aromatic rings. The van der Waals surface area contributed by atoms with Gasteiger partial charge in [0.15, 0.2) is 5.65 Å². The normalized spacial score (nSPS) is 20.6. The largest absolute Gasteiger partial charge is 0.457 e. The predicted octanol–water partition coefficient (Wildman–Crippen LogP) is 5.68. The maximum absolute atomic E-state index is 13.4. The van der Waals surface area contributed by atoms with Gasteiger partial charge in [-0.15, -0.1) is 0 Å². The fraction of sp³-hybridized carbons (Fsp3) is 0.429. The van der Waals surface area contributed by atoms with Crippen molar-refractivity contribution in [1.82, 2.24) is 45.1 Å². The number of rotatable bonds is 16. The fourth-order valence-corrected chi connectivity index (χ4v) is 9.95. The Kier molecular flexibility index (Phi) is 13.2. The Hall–Kier alpha value is -6.52. The summed E-state index contributed by atoms with van der Waals surface area (Å²) in [5.74, 6) is -0.301. The number of para-hydroxylation sites is 1. The molecule has 0 spiro atoms. The minimum Gasteiger partial charge on any atom is -0.457 e. The summed E-state index contributed by atoms with van der Waals surface area (Å²) in [7, 11) is 0. The van der Waals surface area contributed by atoms with Gasteiger partial charge in [-0.1, -0.05) is 43.2 Å². The molecule has 338 valence electrons. The van der Waals surface area contributed by atoms with E-state index in [1.165, 1.54) is 6.33 Å². The molecular formula is C49H56N10O6. The molecule has 9 rings (SSSR count). The van der Waals surface area contributed by atoms with Gasteiger partial charge in [-0.2, -0.15) is 5.10 Å². The number of unbranched alkanes of at least 4 members (excludes halogenated alkanes) is 3. The number of piperazine rings is 1. The number of imide groups is 2. The molecule has 1 atom stereocenters. The first-order chi connectivity index (χ1) is 31.7. The zero-order chi connectivity index (χ0) is 44.9. The van der Waals surface area contributed by atoms with E-state index in [4.69, 9.17) is 15.6 Å². The zero-order valence-electron chi connectivity index (χ0n) is 36.6. The minimum atomic E-state index is -1.02. The Morgan fingerprint density at radius 3 is 2.29 bits per heavy atom. The van der Waals surface area contributed by atoms with Gasteiger partial charge in [0, 0.05) is 57.2 Å². The van der Waals surface area contributed by atoms with Crippen LogP contribution in [-0.2, 0) is 20.8 Å². The molecule has 65 heavy (non-hydrogen) atoms. The number of aryl methyl sites for hydroxylation is 1. The highest BCUT2D eigenvalue weighted by Gasteiger charge is 2.45. The van der Waals surface area contributed by atoms with E-state index in [9.17, 15) is 24.0 Å². The number of benzene rings is 3. The Balaban J connectivity index is 0.665. The third kappa shape index (κ3) is 9.64. The number of hydrogen-bond donors (Lipinski definition) is 3. The van der Waals surface area contributed by atoms with Gasteiger partial charge in [0.25, 0.3) is 11.8 Å². The molecule has 4 N–H and O–H groups in total. The second-order valence-electron chi connectivity index (χ2n) is 17.6. The molecule has 2 saturated heterocycles. The number of nitrogens with zero attached hydrogens (tertiary/aromatic N) is 7. The molecule has 16 nitrogen and oxygen atoms in total. The molecule has 5 amide bonds. The van der Waals surface area contributed by atoms with Gasteiger partial charge in [-0.25, -0.2) is 14.6 Å². The van der Waals surface area contributed by atoms with Crippen LogP contribution >= 0.6 is 0 Å². The van der Waals surface area contributed by atoms with Crippen LogP contribution in [0.2, 0.25) is 0 Å². The van der Waals surface area contributed by atoms with Crippen molar-refractivity contribution in [3.63, 3.8) is 0 Å². The number of nitrogens with one attached hydrogen (secondary N) is 2. The summed E-state index contributed by atoms with van der Waals surface area (Å²) < 4.78 is 8.10. The van der Waals surface area contributed by atoms with Crippen LogP contribution in [0.1, 0.15) is 103 Å². The second kappa shape index (κ2) is 19.7. The number of nitrogen functional groups attached to an aromatic ring is 1. The molecule has 2 aromatic heterocycles. The van der Waals surface area contributed by atoms with Crippen molar-refractivity contribution in [2.75, 3.05) is 45.0 Å². The number of nitrogens with two attached hydrogens (primary N) is 1. The van der Waals surface area contributed by atoms with Gasteiger partial charge >= 0.3 is 0 Å².